The zero-order chi connectivity index (χ0) is 23.0. The first-order chi connectivity index (χ1) is 15.2. The summed E-state index contributed by atoms with van der Waals surface area (Å²) in [5.74, 6) is 0.435. The number of rotatable bonds is 5. The van der Waals surface area contributed by atoms with Crippen LogP contribution in [-0.4, -0.2) is 30.8 Å². The monoisotopic (exact) mass is 532 g/mol. The van der Waals surface area contributed by atoms with Crippen molar-refractivity contribution in [2.45, 2.75) is 20.8 Å². The summed E-state index contributed by atoms with van der Waals surface area (Å²) in [6, 6.07) is 5.06. The van der Waals surface area contributed by atoms with Gasteiger partial charge in [0, 0.05) is 21.8 Å². The number of benzene rings is 1. The molecule has 0 saturated heterocycles. The minimum atomic E-state index is -0.300. The number of aromatic hydroxyl groups is 1. The molecule has 0 fully saturated rings. The van der Waals surface area contributed by atoms with Crippen LogP contribution in [0.2, 0.25) is 5.15 Å². The third-order valence-electron chi connectivity index (χ3n) is 4.78. The van der Waals surface area contributed by atoms with Gasteiger partial charge in [-0.3, -0.25) is 4.79 Å². The molecule has 0 spiro atoms. The van der Waals surface area contributed by atoms with Crippen LogP contribution < -0.4 is 10.6 Å². The smallest absolute Gasteiger partial charge is 0.267 e. The maximum atomic E-state index is 12.7. The number of aromatic nitrogens is 4. The van der Waals surface area contributed by atoms with Gasteiger partial charge >= 0.3 is 0 Å². The summed E-state index contributed by atoms with van der Waals surface area (Å²) < 4.78 is 2.44. The first-order valence-corrected chi connectivity index (χ1v) is 11.4. The Morgan fingerprint density at radius 3 is 2.72 bits per heavy atom. The van der Waals surface area contributed by atoms with E-state index in [1.807, 2.05) is 20.0 Å². The van der Waals surface area contributed by atoms with Crippen LogP contribution in [0.4, 0.5) is 16.6 Å². The molecule has 164 valence electrons. The lowest BCUT2D eigenvalue weighted by Gasteiger charge is -2.11. The molecule has 1 amide bonds. The molecule has 3 N–H and O–H groups in total. The van der Waals surface area contributed by atoms with Gasteiger partial charge in [0.15, 0.2) is 10.9 Å². The molecule has 0 aliphatic carbocycles. The molecule has 3 aromatic heterocycles. The predicted molar refractivity (Wildman–Crippen MR) is 130 cm³/mol. The van der Waals surface area contributed by atoms with E-state index in [0.29, 0.717) is 32.2 Å². The molecule has 32 heavy (non-hydrogen) atoms. The van der Waals surface area contributed by atoms with Gasteiger partial charge in [-0.05, 0) is 54.4 Å². The third kappa shape index (κ3) is 4.47. The van der Waals surface area contributed by atoms with Crippen molar-refractivity contribution in [1.82, 2.24) is 19.7 Å². The summed E-state index contributed by atoms with van der Waals surface area (Å²) in [4.78, 5) is 21.5. The van der Waals surface area contributed by atoms with Crippen molar-refractivity contribution in [3.05, 3.63) is 68.0 Å². The topological polar surface area (TPSA) is 105 Å². The zero-order valence-electron chi connectivity index (χ0n) is 17.3. The van der Waals surface area contributed by atoms with Crippen LogP contribution >= 0.6 is 38.9 Å². The minimum absolute atomic E-state index is 0.131. The molecule has 8 nitrogen and oxygen atoms in total. The Bertz CT molecular complexity index is 1340. The number of pyridine rings is 1. The number of halogens is 2. The Morgan fingerprint density at radius 2 is 1.97 bits per heavy atom. The number of amides is 1. The van der Waals surface area contributed by atoms with E-state index in [0.717, 1.165) is 21.3 Å². The number of carbonyl (C=O) groups is 1. The standard InChI is InChI=1S/C21H18BrClN6O2S/c1-10-4-5-15(30)12(3)18(10)26-20(31)16-8-25-21(32-16)27-19-11(2)9-29(28-19)14-7-24-17(23)6-13(14)22/h4-9,30H,1-3H3,(H,26,31)(H,25,27,28). The molecule has 0 saturated carbocycles. The SMILES string of the molecule is Cc1cn(-c2cnc(Cl)cc2Br)nc1Nc1ncc(C(=O)Nc2c(C)ccc(O)c2C)s1. The van der Waals surface area contributed by atoms with Gasteiger partial charge in [0.2, 0.25) is 0 Å². The third-order valence-corrected chi connectivity index (χ3v) is 6.54. The van der Waals surface area contributed by atoms with Gasteiger partial charge in [-0.15, -0.1) is 5.10 Å². The molecule has 4 rings (SSSR count). The molecular formula is C21H18BrClN6O2S. The van der Waals surface area contributed by atoms with Crippen LogP contribution in [0.3, 0.4) is 0 Å². The van der Waals surface area contributed by atoms with Crippen molar-refractivity contribution in [3.8, 4) is 11.4 Å². The lowest BCUT2D eigenvalue weighted by Crippen LogP contribution is -2.12. The Balaban J connectivity index is 1.52. The van der Waals surface area contributed by atoms with E-state index in [2.05, 4.69) is 41.6 Å². The van der Waals surface area contributed by atoms with E-state index in [-0.39, 0.29) is 11.7 Å². The van der Waals surface area contributed by atoms with Crippen molar-refractivity contribution >= 4 is 61.4 Å². The summed E-state index contributed by atoms with van der Waals surface area (Å²) in [7, 11) is 0. The Kier molecular flexibility index (Phi) is 6.18. The number of thiazole rings is 1. The molecule has 0 atom stereocenters. The second-order valence-corrected chi connectivity index (χ2v) is 9.35. The quantitative estimate of drug-likeness (QED) is 0.281. The van der Waals surface area contributed by atoms with Crippen molar-refractivity contribution in [2.75, 3.05) is 10.6 Å². The second kappa shape index (κ2) is 8.89. The van der Waals surface area contributed by atoms with E-state index in [1.165, 1.54) is 17.5 Å². The number of aryl methyl sites for hydroxylation is 2. The van der Waals surface area contributed by atoms with Gasteiger partial charge < -0.3 is 15.7 Å². The van der Waals surface area contributed by atoms with Crippen LogP contribution in [0, 0.1) is 20.8 Å². The Labute approximate surface area is 201 Å². The summed E-state index contributed by atoms with van der Waals surface area (Å²) >= 11 is 10.6. The summed E-state index contributed by atoms with van der Waals surface area (Å²) in [5.41, 5.74) is 3.70. The average molecular weight is 534 g/mol. The van der Waals surface area contributed by atoms with Crippen LogP contribution in [0.25, 0.3) is 5.69 Å². The van der Waals surface area contributed by atoms with E-state index < -0.39 is 0 Å². The van der Waals surface area contributed by atoms with Crippen molar-refractivity contribution < 1.29 is 9.90 Å². The van der Waals surface area contributed by atoms with Crippen LogP contribution in [0.15, 0.2) is 41.3 Å². The zero-order valence-corrected chi connectivity index (χ0v) is 20.4. The molecular weight excluding hydrogens is 516 g/mol. The van der Waals surface area contributed by atoms with Crippen molar-refractivity contribution in [1.29, 1.82) is 0 Å². The first kappa shape index (κ1) is 22.3. The maximum absolute atomic E-state index is 12.7. The normalized spacial score (nSPS) is 10.9. The lowest BCUT2D eigenvalue weighted by atomic mass is 10.1. The number of nitrogens with zero attached hydrogens (tertiary/aromatic N) is 4. The van der Waals surface area contributed by atoms with Gasteiger partial charge in [0.25, 0.3) is 5.91 Å². The maximum Gasteiger partial charge on any atom is 0.267 e. The van der Waals surface area contributed by atoms with Gasteiger partial charge in [0.05, 0.1) is 23.8 Å². The molecule has 0 radical (unpaired) electrons. The number of hydrogen-bond acceptors (Lipinski definition) is 7. The van der Waals surface area contributed by atoms with Crippen LogP contribution in [0.5, 0.6) is 5.75 Å². The fraction of sp³-hybridized carbons (Fsp3) is 0.143. The molecule has 3 heterocycles. The highest BCUT2D eigenvalue weighted by Crippen LogP contribution is 2.30. The predicted octanol–water partition coefficient (Wildman–Crippen LogP) is 5.77. The van der Waals surface area contributed by atoms with Crippen molar-refractivity contribution in [3.63, 3.8) is 0 Å². The van der Waals surface area contributed by atoms with Crippen LogP contribution in [-0.2, 0) is 0 Å². The fourth-order valence-electron chi connectivity index (χ4n) is 3.02. The second-order valence-electron chi connectivity index (χ2n) is 7.07. The Hall–Kier alpha value is -2.95. The summed E-state index contributed by atoms with van der Waals surface area (Å²) in [6.07, 6.45) is 4.98. The molecule has 0 aliphatic heterocycles. The minimum Gasteiger partial charge on any atom is -0.508 e. The van der Waals surface area contributed by atoms with Gasteiger partial charge in [0.1, 0.15) is 15.8 Å². The molecule has 0 bridgehead atoms. The van der Waals surface area contributed by atoms with E-state index >= 15 is 0 Å². The number of anilines is 3. The number of carbonyl (C=O) groups excluding carboxylic acids is 1. The van der Waals surface area contributed by atoms with E-state index in [1.54, 1.807) is 36.0 Å². The Morgan fingerprint density at radius 1 is 1.19 bits per heavy atom. The van der Waals surface area contributed by atoms with Gasteiger partial charge in [-0.25, -0.2) is 14.6 Å². The molecule has 11 heteroatoms. The highest BCUT2D eigenvalue weighted by atomic mass is 79.9. The van der Waals surface area contributed by atoms with Gasteiger partial charge in [-0.2, -0.15) is 0 Å². The summed E-state index contributed by atoms with van der Waals surface area (Å²) in [5, 5.41) is 21.4. The first-order valence-electron chi connectivity index (χ1n) is 9.44. The molecule has 1 aromatic carbocycles. The van der Waals surface area contributed by atoms with Crippen molar-refractivity contribution in [2.24, 2.45) is 0 Å². The molecule has 0 unspecified atom stereocenters. The molecule has 0 aliphatic rings. The number of nitrogens with one attached hydrogen (secondary N) is 2. The summed E-state index contributed by atoms with van der Waals surface area (Å²) in [6.45, 7) is 5.54. The highest BCUT2D eigenvalue weighted by Gasteiger charge is 2.16. The number of phenolic OH excluding ortho intramolecular Hbond substituents is 1. The lowest BCUT2D eigenvalue weighted by molar-refractivity contribution is 0.103. The van der Waals surface area contributed by atoms with E-state index in [4.69, 9.17) is 11.6 Å². The van der Waals surface area contributed by atoms with Gasteiger partial charge in [-0.1, -0.05) is 29.0 Å². The average Bonchev–Trinajstić information content (AvgIpc) is 3.35. The highest BCUT2D eigenvalue weighted by molar-refractivity contribution is 9.10. The molecule has 4 aromatic rings. The largest absolute Gasteiger partial charge is 0.508 e. The fourth-order valence-corrected chi connectivity index (χ4v) is 4.52. The number of hydrogen-bond donors (Lipinski definition) is 3. The van der Waals surface area contributed by atoms with E-state index in [9.17, 15) is 9.90 Å². The van der Waals surface area contributed by atoms with Crippen LogP contribution in [0.1, 0.15) is 26.4 Å². The number of phenols is 1.